The van der Waals surface area contributed by atoms with E-state index < -0.39 is 5.72 Å². The van der Waals surface area contributed by atoms with E-state index >= 15 is 0 Å². The molecule has 0 aliphatic carbocycles. The summed E-state index contributed by atoms with van der Waals surface area (Å²) in [4.78, 5) is 6.85. The van der Waals surface area contributed by atoms with Crippen molar-refractivity contribution in [2.75, 3.05) is 20.3 Å². The Morgan fingerprint density at radius 3 is 2.83 bits per heavy atom. The van der Waals surface area contributed by atoms with Crippen molar-refractivity contribution >= 4 is 11.6 Å². The molecule has 1 aliphatic rings. The smallest absolute Gasteiger partial charge is 0.192 e. The van der Waals surface area contributed by atoms with Crippen LogP contribution in [-0.4, -0.2) is 36.2 Å². The summed E-state index contributed by atoms with van der Waals surface area (Å²) in [6.45, 7) is 5.75. The first-order valence-electron chi connectivity index (χ1n) is 7.76. The van der Waals surface area contributed by atoms with E-state index in [1.54, 1.807) is 13.3 Å². The van der Waals surface area contributed by atoms with E-state index in [2.05, 4.69) is 23.7 Å². The predicted molar refractivity (Wildman–Crippen MR) is 90.8 cm³/mol. The summed E-state index contributed by atoms with van der Waals surface area (Å²) in [6.07, 6.45) is 1.75. The van der Waals surface area contributed by atoms with Crippen LogP contribution in [0.15, 0.2) is 42.6 Å². The maximum Gasteiger partial charge on any atom is 0.192 e. The second-order valence-corrected chi connectivity index (χ2v) is 6.25. The minimum atomic E-state index is -0.791. The highest BCUT2D eigenvalue weighted by atomic mass is 35.5. The highest BCUT2D eigenvalue weighted by Gasteiger charge is 2.49. The quantitative estimate of drug-likeness (QED) is 0.855. The van der Waals surface area contributed by atoms with Crippen molar-refractivity contribution in [3.63, 3.8) is 0 Å². The Bertz CT molecular complexity index is 692. The maximum absolute atomic E-state index is 6.49. The number of hydrogen-bond donors (Lipinski definition) is 0. The van der Waals surface area contributed by atoms with Gasteiger partial charge in [0, 0.05) is 24.3 Å². The third-order valence-electron chi connectivity index (χ3n) is 4.21. The SMILES string of the molecule is COc1cccc(C2(c3ncccc3Cl)OCCN2C(C)C)c1. The van der Waals surface area contributed by atoms with E-state index in [0.717, 1.165) is 23.6 Å². The van der Waals surface area contributed by atoms with Gasteiger partial charge in [-0.05, 0) is 38.1 Å². The zero-order valence-electron chi connectivity index (χ0n) is 13.6. The third-order valence-corrected chi connectivity index (χ3v) is 4.52. The van der Waals surface area contributed by atoms with Crippen molar-refractivity contribution < 1.29 is 9.47 Å². The standard InChI is InChI=1S/C18H21ClN2O2/c1-13(2)21-10-11-23-18(21,17-16(19)8-5-9-20-17)14-6-4-7-15(12-14)22-3/h4-9,12-13H,10-11H2,1-3H3. The van der Waals surface area contributed by atoms with Crippen LogP contribution in [0.2, 0.25) is 5.02 Å². The topological polar surface area (TPSA) is 34.6 Å². The van der Waals surface area contributed by atoms with Gasteiger partial charge in [0.05, 0.1) is 18.7 Å². The molecule has 23 heavy (non-hydrogen) atoms. The second kappa shape index (κ2) is 6.48. The molecular formula is C18H21ClN2O2. The summed E-state index contributed by atoms with van der Waals surface area (Å²) in [5.41, 5.74) is 0.908. The zero-order valence-corrected chi connectivity index (χ0v) is 14.4. The first-order valence-corrected chi connectivity index (χ1v) is 8.13. The first kappa shape index (κ1) is 16.2. The van der Waals surface area contributed by atoms with Crippen LogP contribution in [-0.2, 0) is 10.5 Å². The molecule has 0 bridgehead atoms. The van der Waals surface area contributed by atoms with Crippen molar-refractivity contribution in [3.05, 3.63) is 58.9 Å². The van der Waals surface area contributed by atoms with Gasteiger partial charge in [0.25, 0.3) is 0 Å². The number of methoxy groups -OCH3 is 1. The third kappa shape index (κ3) is 2.71. The van der Waals surface area contributed by atoms with Crippen molar-refractivity contribution in [2.45, 2.75) is 25.6 Å². The lowest BCUT2D eigenvalue weighted by Gasteiger charge is -2.39. The summed E-state index contributed by atoms with van der Waals surface area (Å²) < 4.78 is 11.7. The Hall–Kier alpha value is -1.62. The van der Waals surface area contributed by atoms with Gasteiger partial charge in [0.15, 0.2) is 5.72 Å². The zero-order chi connectivity index (χ0) is 16.4. The Balaban J connectivity index is 2.24. The van der Waals surface area contributed by atoms with Gasteiger partial charge in [-0.15, -0.1) is 0 Å². The largest absolute Gasteiger partial charge is 0.497 e. The number of nitrogens with zero attached hydrogens (tertiary/aromatic N) is 2. The molecule has 1 aliphatic heterocycles. The van der Waals surface area contributed by atoms with Crippen molar-refractivity contribution in [1.82, 2.24) is 9.88 Å². The Morgan fingerprint density at radius 1 is 1.30 bits per heavy atom. The van der Waals surface area contributed by atoms with E-state index in [1.165, 1.54) is 0 Å². The minimum absolute atomic E-state index is 0.279. The fourth-order valence-electron chi connectivity index (χ4n) is 3.21. The van der Waals surface area contributed by atoms with Gasteiger partial charge in [0.1, 0.15) is 11.4 Å². The molecule has 1 fully saturated rings. The van der Waals surface area contributed by atoms with Crippen molar-refractivity contribution in [3.8, 4) is 5.75 Å². The van der Waals surface area contributed by atoms with Crippen LogP contribution < -0.4 is 4.74 Å². The van der Waals surface area contributed by atoms with E-state index in [-0.39, 0.29) is 6.04 Å². The average molecular weight is 333 g/mol. The fourth-order valence-corrected chi connectivity index (χ4v) is 3.46. The summed E-state index contributed by atoms with van der Waals surface area (Å²) in [7, 11) is 1.66. The van der Waals surface area contributed by atoms with Crippen molar-refractivity contribution in [1.29, 1.82) is 0 Å². The Morgan fingerprint density at radius 2 is 2.13 bits per heavy atom. The average Bonchev–Trinajstić information content (AvgIpc) is 3.01. The Kier molecular flexibility index (Phi) is 4.57. The monoisotopic (exact) mass is 332 g/mol. The van der Waals surface area contributed by atoms with Crippen LogP contribution in [0.1, 0.15) is 25.1 Å². The summed E-state index contributed by atoms with van der Waals surface area (Å²) in [5.74, 6) is 0.785. The summed E-state index contributed by atoms with van der Waals surface area (Å²) in [6, 6.07) is 11.9. The van der Waals surface area contributed by atoms with E-state index in [1.807, 2.05) is 36.4 Å². The van der Waals surface area contributed by atoms with Gasteiger partial charge in [-0.2, -0.15) is 0 Å². The molecule has 0 spiro atoms. The highest BCUT2D eigenvalue weighted by molar-refractivity contribution is 6.31. The van der Waals surface area contributed by atoms with Crippen LogP contribution >= 0.6 is 11.6 Å². The molecule has 5 heteroatoms. The predicted octanol–water partition coefficient (Wildman–Crippen LogP) is 3.69. The normalized spacial score (nSPS) is 21.8. The van der Waals surface area contributed by atoms with Gasteiger partial charge in [0.2, 0.25) is 0 Å². The molecule has 1 saturated heterocycles. The lowest BCUT2D eigenvalue weighted by Crippen LogP contribution is -2.47. The summed E-state index contributed by atoms with van der Waals surface area (Å²) >= 11 is 6.49. The van der Waals surface area contributed by atoms with Crippen LogP contribution in [0.25, 0.3) is 0 Å². The van der Waals surface area contributed by atoms with Crippen LogP contribution in [0.4, 0.5) is 0 Å². The Labute approximate surface area is 142 Å². The second-order valence-electron chi connectivity index (χ2n) is 5.85. The number of halogens is 1. The molecule has 2 aromatic rings. The van der Waals surface area contributed by atoms with Gasteiger partial charge in [-0.1, -0.05) is 23.7 Å². The molecule has 1 atom stereocenters. The maximum atomic E-state index is 6.49. The minimum Gasteiger partial charge on any atom is -0.497 e. The van der Waals surface area contributed by atoms with Gasteiger partial charge in [-0.3, -0.25) is 9.88 Å². The molecule has 1 unspecified atom stereocenters. The van der Waals surface area contributed by atoms with Gasteiger partial charge in [-0.25, -0.2) is 0 Å². The molecule has 0 amide bonds. The van der Waals surface area contributed by atoms with Crippen LogP contribution in [0, 0.1) is 0 Å². The number of ether oxygens (including phenoxy) is 2. The number of rotatable bonds is 4. The lowest BCUT2D eigenvalue weighted by molar-refractivity contribution is -0.0682. The number of pyridine rings is 1. The molecule has 4 nitrogen and oxygen atoms in total. The number of benzene rings is 1. The molecule has 2 heterocycles. The van der Waals surface area contributed by atoms with Gasteiger partial charge >= 0.3 is 0 Å². The van der Waals surface area contributed by atoms with Gasteiger partial charge < -0.3 is 9.47 Å². The molecule has 0 N–H and O–H groups in total. The molecule has 122 valence electrons. The fraction of sp³-hybridized carbons (Fsp3) is 0.389. The molecule has 1 aromatic heterocycles. The first-order chi connectivity index (χ1) is 11.1. The van der Waals surface area contributed by atoms with E-state index in [9.17, 15) is 0 Å². The molecule has 0 saturated carbocycles. The molecule has 1 aromatic carbocycles. The van der Waals surface area contributed by atoms with Crippen LogP contribution in [0.3, 0.4) is 0 Å². The van der Waals surface area contributed by atoms with E-state index in [4.69, 9.17) is 21.1 Å². The number of aromatic nitrogens is 1. The molecule has 3 rings (SSSR count). The molecule has 0 radical (unpaired) electrons. The van der Waals surface area contributed by atoms with E-state index in [0.29, 0.717) is 11.6 Å². The van der Waals surface area contributed by atoms with Crippen molar-refractivity contribution in [2.24, 2.45) is 0 Å². The number of hydrogen-bond acceptors (Lipinski definition) is 4. The lowest BCUT2D eigenvalue weighted by atomic mass is 9.95. The molecular weight excluding hydrogens is 312 g/mol. The highest BCUT2D eigenvalue weighted by Crippen LogP contribution is 2.44. The summed E-state index contributed by atoms with van der Waals surface area (Å²) in [5, 5.41) is 0.600. The van der Waals surface area contributed by atoms with Crippen LogP contribution in [0.5, 0.6) is 5.75 Å².